The van der Waals surface area contributed by atoms with Crippen molar-refractivity contribution < 1.29 is 19.0 Å². The van der Waals surface area contributed by atoms with Gasteiger partial charge in [0.1, 0.15) is 11.5 Å². The third kappa shape index (κ3) is 5.50. The molecule has 106 valence electrons. The Balaban J connectivity index is 2.47. The lowest BCUT2D eigenvalue weighted by Crippen LogP contribution is -2.15. The molecule has 5 nitrogen and oxygen atoms in total. The van der Waals surface area contributed by atoms with Crippen LogP contribution in [0.4, 0.5) is 5.69 Å². The molecule has 0 heterocycles. The Morgan fingerprint density at radius 1 is 1.32 bits per heavy atom. The number of nitrogen functional groups attached to an aromatic ring is 1. The van der Waals surface area contributed by atoms with Gasteiger partial charge in [0.15, 0.2) is 0 Å². The lowest BCUT2D eigenvalue weighted by molar-refractivity contribution is -0.144. The van der Waals surface area contributed by atoms with Gasteiger partial charge in [-0.05, 0) is 6.92 Å². The summed E-state index contributed by atoms with van der Waals surface area (Å²) in [6.45, 7) is 4.54. The average Bonchev–Trinajstić information content (AvgIpc) is 2.36. The van der Waals surface area contributed by atoms with Gasteiger partial charge >= 0.3 is 5.97 Å². The predicted octanol–water partition coefficient (Wildman–Crippen LogP) is 2.25. The molecule has 0 fully saturated rings. The van der Waals surface area contributed by atoms with Gasteiger partial charge in [0.2, 0.25) is 0 Å². The molecule has 1 rings (SSSR count). The van der Waals surface area contributed by atoms with Crippen molar-refractivity contribution in [1.29, 1.82) is 0 Å². The lowest BCUT2D eigenvalue weighted by Gasteiger charge is -2.13. The summed E-state index contributed by atoms with van der Waals surface area (Å²) in [4.78, 5) is 11.3. The highest BCUT2D eigenvalue weighted by Crippen LogP contribution is 2.24. The van der Waals surface area contributed by atoms with Crippen molar-refractivity contribution in [2.24, 2.45) is 5.92 Å². The molecular formula is C14H21NO4. The molecule has 0 aliphatic heterocycles. The molecule has 0 radical (unpaired) electrons. The normalized spacial score (nSPS) is 11.7. The molecule has 1 unspecified atom stereocenters. The lowest BCUT2D eigenvalue weighted by atomic mass is 10.1. The fraction of sp³-hybridized carbons (Fsp3) is 0.500. The van der Waals surface area contributed by atoms with Gasteiger partial charge < -0.3 is 19.9 Å². The van der Waals surface area contributed by atoms with Gasteiger partial charge in [-0.25, -0.2) is 0 Å². The van der Waals surface area contributed by atoms with E-state index in [9.17, 15) is 4.79 Å². The van der Waals surface area contributed by atoms with Gasteiger partial charge in [-0.1, -0.05) is 6.92 Å². The number of hydrogen-bond acceptors (Lipinski definition) is 5. The van der Waals surface area contributed by atoms with Gasteiger partial charge in [0, 0.05) is 29.8 Å². The summed E-state index contributed by atoms with van der Waals surface area (Å²) in [6.07, 6.45) is 0.341. The van der Waals surface area contributed by atoms with Crippen molar-refractivity contribution in [1.82, 2.24) is 0 Å². The molecule has 5 heteroatoms. The van der Waals surface area contributed by atoms with E-state index in [1.54, 1.807) is 32.2 Å². The molecule has 0 amide bonds. The zero-order valence-electron chi connectivity index (χ0n) is 11.6. The number of methoxy groups -OCH3 is 1. The Morgan fingerprint density at radius 3 is 2.63 bits per heavy atom. The highest BCUT2D eigenvalue weighted by atomic mass is 16.5. The van der Waals surface area contributed by atoms with Crippen molar-refractivity contribution in [2.75, 3.05) is 26.1 Å². The van der Waals surface area contributed by atoms with E-state index in [0.29, 0.717) is 36.8 Å². The van der Waals surface area contributed by atoms with E-state index in [4.69, 9.17) is 19.9 Å². The number of ether oxygens (including phenoxy) is 3. The largest absolute Gasteiger partial charge is 0.497 e. The highest BCUT2D eigenvalue weighted by Gasteiger charge is 2.11. The Kier molecular flexibility index (Phi) is 5.99. The molecule has 0 aliphatic carbocycles. The number of nitrogens with two attached hydrogens (primary N) is 1. The Labute approximate surface area is 113 Å². The van der Waals surface area contributed by atoms with Crippen molar-refractivity contribution >= 4 is 11.7 Å². The van der Waals surface area contributed by atoms with Crippen LogP contribution in [0.2, 0.25) is 0 Å². The van der Waals surface area contributed by atoms with Gasteiger partial charge in [-0.15, -0.1) is 0 Å². The molecule has 2 N–H and O–H groups in total. The van der Waals surface area contributed by atoms with Gasteiger partial charge in [0.05, 0.1) is 26.7 Å². The van der Waals surface area contributed by atoms with Crippen LogP contribution in [0.1, 0.15) is 20.3 Å². The fourth-order valence-corrected chi connectivity index (χ4v) is 1.60. The van der Waals surface area contributed by atoms with Crippen LogP contribution in [0, 0.1) is 5.92 Å². The van der Waals surface area contributed by atoms with E-state index in [1.165, 1.54) is 0 Å². The minimum atomic E-state index is -0.205. The van der Waals surface area contributed by atoms with Crippen molar-refractivity contribution in [3.05, 3.63) is 18.2 Å². The number of carbonyl (C=O) groups excluding carboxylic acids is 1. The zero-order valence-corrected chi connectivity index (χ0v) is 11.6. The predicted molar refractivity (Wildman–Crippen MR) is 73.3 cm³/mol. The van der Waals surface area contributed by atoms with Crippen LogP contribution < -0.4 is 15.2 Å². The van der Waals surface area contributed by atoms with Crippen molar-refractivity contribution in [2.45, 2.75) is 20.3 Å². The Hall–Kier alpha value is -1.91. The highest BCUT2D eigenvalue weighted by molar-refractivity contribution is 5.69. The molecular weight excluding hydrogens is 246 g/mol. The van der Waals surface area contributed by atoms with Gasteiger partial charge in [-0.3, -0.25) is 4.79 Å². The zero-order chi connectivity index (χ0) is 14.3. The summed E-state index contributed by atoms with van der Waals surface area (Å²) in [6, 6.07) is 5.20. The van der Waals surface area contributed by atoms with E-state index in [1.807, 2.05) is 6.92 Å². The van der Waals surface area contributed by atoms with E-state index in [2.05, 4.69) is 0 Å². The second-order valence-electron chi connectivity index (χ2n) is 4.37. The number of esters is 1. The van der Waals surface area contributed by atoms with Crippen LogP contribution in [0.25, 0.3) is 0 Å². The first-order valence-corrected chi connectivity index (χ1v) is 6.28. The van der Waals surface area contributed by atoms with Crippen LogP contribution >= 0.6 is 0 Å². The van der Waals surface area contributed by atoms with Gasteiger partial charge in [-0.2, -0.15) is 0 Å². The summed E-state index contributed by atoms with van der Waals surface area (Å²) in [7, 11) is 1.57. The first-order valence-electron chi connectivity index (χ1n) is 6.28. The first kappa shape index (κ1) is 15.1. The third-order valence-electron chi connectivity index (χ3n) is 2.49. The maximum absolute atomic E-state index is 11.3. The van der Waals surface area contributed by atoms with Crippen LogP contribution in [0.15, 0.2) is 18.2 Å². The Bertz CT molecular complexity index is 420. The smallest absolute Gasteiger partial charge is 0.306 e. The number of carbonyl (C=O) groups is 1. The summed E-state index contributed by atoms with van der Waals surface area (Å²) < 4.78 is 15.6. The molecule has 0 bridgehead atoms. The average molecular weight is 267 g/mol. The third-order valence-corrected chi connectivity index (χ3v) is 2.49. The molecule has 0 aliphatic rings. The van der Waals surface area contributed by atoms with E-state index >= 15 is 0 Å². The SMILES string of the molecule is CCOC(=O)CC(C)COc1cc(N)cc(OC)c1. The molecule has 19 heavy (non-hydrogen) atoms. The number of benzene rings is 1. The fourth-order valence-electron chi connectivity index (χ4n) is 1.60. The summed E-state index contributed by atoms with van der Waals surface area (Å²) in [5.41, 5.74) is 6.30. The van der Waals surface area contributed by atoms with Gasteiger partial charge in [0.25, 0.3) is 0 Å². The summed E-state index contributed by atoms with van der Waals surface area (Å²) >= 11 is 0. The monoisotopic (exact) mass is 267 g/mol. The summed E-state index contributed by atoms with van der Waals surface area (Å²) in [5, 5.41) is 0. The van der Waals surface area contributed by atoms with Crippen LogP contribution in [-0.2, 0) is 9.53 Å². The number of rotatable bonds is 7. The molecule has 1 aromatic rings. The quantitative estimate of drug-likeness (QED) is 0.606. The maximum atomic E-state index is 11.3. The second kappa shape index (κ2) is 7.51. The molecule has 0 saturated heterocycles. The van der Waals surface area contributed by atoms with Crippen LogP contribution in [-0.4, -0.2) is 26.3 Å². The molecule has 0 spiro atoms. The molecule has 1 atom stereocenters. The molecule has 0 saturated carbocycles. The minimum absolute atomic E-state index is 0.0754. The summed E-state index contributed by atoms with van der Waals surface area (Å²) in [5.74, 6) is 1.15. The van der Waals surface area contributed by atoms with Crippen LogP contribution in [0.3, 0.4) is 0 Å². The van der Waals surface area contributed by atoms with Crippen LogP contribution in [0.5, 0.6) is 11.5 Å². The topological polar surface area (TPSA) is 70.8 Å². The van der Waals surface area contributed by atoms with Crippen molar-refractivity contribution in [3.63, 3.8) is 0 Å². The first-order chi connectivity index (χ1) is 9.05. The number of hydrogen-bond donors (Lipinski definition) is 1. The molecule has 0 aromatic heterocycles. The van der Waals surface area contributed by atoms with E-state index < -0.39 is 0 Å². The van der Waals surface area contributed by atoms with E-state index in [0.717, 1.165) is 0 Å². The number of anilines is 1. The molecule has 1 aromatic carbocycles. The second-order valence-corrected chi connectivity index (χ2v) is 4.37. The Morgan fingerprint density at radius 2 is 2.00 bits per heavy atom. The standard InChI is InChI=1S/C14H21NO4/c1-4-18-14(16)5-10(2)9-19-13-7-11(15)6-12(8-13)17-3/h6-8,10H,4-5,9,15H2,1-3H3. The minimum Gasteiger partial charge on any atom is -0.497 e. The van der Waals surface area contributed by atoms with Crippen molar-refractivity contribution in [3.8, 4) is 11.5 Å². The maximum Gasteiger partial charge on any atom is 0.306 e. The van der Waals surface area contributed by atoms with E-state index in [-0.39, 0.29) is 11.9 Å².